The Balaban J connectivity index is 1.71. The van der Waals surface area contributed by atoms with Gasteiger partial charge in [0.25, 0.3) is 0 Å². The number of carboxylic acids is 1. The van der Waals surface area contributed by atoms with E-state index in [0.29, 0.717) is 11.8 Å². The minimum atomic E-state index is -1.15. The second-order valence-corrected chi connectivity index (χ2v) is 7.97. The minimum Gasteiger partial charge on any atom is -0.545 e. The number of rotatable bonds is 7. The summed E-state index contributed by atoms with van der Waals surface area (Å²) in [4.78, 5) is 22.6. The number of anilines is 1. The fourth-order valence-corrected chi connectivity index (χ4v) is 4.25. The molecule has 0 saturated heterocycles. The number of carbonyl (C=O) groups excluding carboxylic acids is 1. The lowest BCUT2D eigenvalue weighted by atomic mass is 9.94. The van der Waals surface area contributed by atoms with Gasteiger partial charge in [-0.15, -0.1) is 0 Å². The summed E-state index contributed by atoms with van der Waals surface area (Å²) in [5.74, 6) is 0.555. The van der Waals surface area contributed by atoms with Gasteiger partial charge >= 0.3 is 0 Å². The van der Waals surface area contributed by atoms with E-state index in [2.05, 4.69) is 29.9 Å². The highest BCUT2D eigenvalue weighted by molar-refractivity contribution is 7.98. The van der Waals surface area contributed by atoms with Crippen LogP contribution in [0.5, 0.6) is 0 Å². The molecular formula is C21H26N3O2S-. The lowest BCUT2D eigenvalue weighted by Gasteiger charge is -2.32. The Morgan fingerprint density at radius 2 is 1.89 bits per heavy atom. The fourth-order valence-electron chi connectivity index (χ4n) is 3.43. The Morgan fingerprint density at radius 1 is 1.19 bits per heavy atom. The third-order valence-corrected chi connectivity index (χ3v) is 6.07. The van der Waals surface area contributed by atoms with Gasteiger partial charge in [-0.3, -0.25) is 0 Å². The van der Waals surface area contributed by atoms with Crippen LogP contribution in [0.25, 0.3) is 0 Å². The summed E-state index contributed by atoms with van der Waals surface area (Å²) in [6.07, 6.45) is 7.27. The van der Waals surface area contributed by atoms with Crippen LogP contribution in [0, 0.1) is 0 Å². The monoisotopic (exact) mass is 384 g/mol. The molecule has 1 aliphatic carbocycles. The zero-order valence-electron chi connectivity index (χ0n) is 16.0. The summed E-state index contributed by atoms with van der Waals surface area (Å²) in [5, 5.41) is 11.6. The summed E-state index contributed by atoms with van der Waals surface area (Å²) in [6, 6.07) is 9.46. The molecule has 1 aromatic heterocycles. The van der Waals surface area contributed by atoms with E-state index < -0.39 is 5.97 Å². The van der Waals surface area contributed by atoms with E-state index in [0.717, 1.165) is 28.7 Å². The van der Waals surface area contributed by atoms with Crippen molar-refractivity contribution in [2.24, 2.45) is 0 Å². The van der Waals surface area contributed by atoms with Crippen molar-refractivity contribution in [2.75, 3.05) is 11.9 Å². The van der Waals surface area contributed by atoms with Crippen molar-refractivity contribution in [1.29, 1.82) is 0 Å². The second kappa shape index (κ2) is 9.22. The second-order valence-electron chi connectivity index (χ2n) is 7.03. The highest BCUT2D eigenvalue weighted by atomic mass is 32.2. The van der Waals surface area contributed by atoms with Gasteiger partial charge in [-0.1, -0.05) is 62.2 Å². The number of aromatic nitrogens is 2. The SMILES string of the molecule is CCc1cc(N(C)C2CCCCC2)nc(SCc2ccc(C(=O)[O-])cc2)n1. The first kappa shape index (κ1) is 19.7. The minimum absolute atomic E-state index is 0.198. The number of carbonyl (C=O) groups is 1. The fraction of sp³-hybridized carbons (Fsp3) is 0.476. The third-order valence-electron chi connectivity index (χ3n) is 5.15. The number of benzene rings is 1. The standard InChI is InChI=1S/C21H27N3O2S/c1-3-17-13-19(24(2)18-7-5-4-6-8-18)23-21(22-17)27-14-15-9-11-16(12-10-15)20(25)26/h9-13,18H,3-8,14H2,1-2H3,(H,25,26)/p-1. The van der Waals surface area contributed by atoms with E-state index >= 15 is 0 Å². The lowest BCUT2D eigenvalue weighted by Crippen LogP contribution is -2.34. The number of aryl methyl sites for hydroxylation is 1. The molecule has 0 atom stereocenters. The molecule has 6 heteroatoms. The van der Waals surface area contributed by atoms with Gasteiger partial charge in [-0.25, -0.2) is 9.97 Å². The first-order chi connectivity index (χ1) is 13.1. The van der Waals surface area contributed by atoms with E-state index in [4.69, 9.17) is 4.98 Å². The van der Waals surface area contributed by atoms with Gasteiger partial charge in [0.15, 0.2) is 5.16 Å². The molecule has 3 rings (SSSR count). The molecule has 2 aromatic rings. The number of carboxylic acid groups (broad SMARTS) is 1. The van der Waals surface area contributed by atoms with Crippen LogP contribution < -0.4 is 10.0 Å². The Kier molecular flexibility index (Phi) is 6.72. The van der Waals surface area contributed by atoms with Crippen molar-refractivity contribution in [3.05, 3.63) is 47.2 Å². The molecule has 27 heavy (non-hydrogen) atoms. The summed E-state index contributed by atoms with van der Waals surface area (Å²) in [7, 11) is 2.14. The van der Waals surface area contributed by atoms with Crippen molar-refractivity contribution < 1.29 is 9.90 Å². The Morgan fingerprint density at radius 3 is 2.52 bits per heavy atom. The van der Waals surface area contributed by atoms with E-state index in [1.807, 2.05) is 12.1 Å². The molecule has 0 unspecified atom stereocenters. The lowest BCUT2D eigenvalue weighted by molar-refractivity contribution is -0.255. The van der Waals surface area contributed by atoms with Crippen LogP contribution in [0.2, 0.25) is 0 Å². The first-order valence-electron chi connectivity index (χ1n) is 9.60. The van der Waals surface area contributed by atoms with Crippen LogP contribution >= 0.6 is 11.8 Å². The molecule has 0 amide bonds. The molecular weight excluding hydrogens is 358 g/mol. The summed E-state index contributed by atoms with van der Waals surface area (Å²) < 4.78 is 0. The molecule has 0 spiro atoms. The number of aromatic carboxylic acids is 1. The normalized spacial score (nSPS) is 14.9. The molecule has 1 aromatic carbocycles. The number of hydrogen-bond donors (Lipinski definition) is 0. The van der Waals surface area contributed by atoms with Gasteiger partial charge in [-0.2, -0.15) is 0 Å². The summed E-state index contributed by atoms with van der Waals surface area (Å²) >= 11 is 1.58. The Bertz CT molecular complexity index is 773. The molecule has 5 nitrogen and oxygen atoms in total. The molecule has 0 bridgehead atoms. The zero-order valence-corrected chi connectivity index (χ0v) is 16.8. The molecule has 0 aliphatic heterocycles. The van der Waals surface area contributed by atoms with Crippen molar-refractivity contribution in [3.8, 4) is 0 Å². The maximum absolute atomic E-state index is 10.9. The quantitative estimate of drug-likeness (QED) is 0.538. The summed E-state index contributed by atoms with van der Waals surface area (Å²) in [5.41, 5.74) is 2.29. The van der Waals surface area contributed by atoms with Gasteiger partial charge in [-0.05, 0) is 30.4 Å². The van der Waals surface area contributed by atoms with Crippen molar-refractivity contribution in [3.63, 3.8) is 0 Å². The van der Waals surface area contributed by atoms with Gasteiger partial charge in [0.2, 0.25) is 0 Å². The van der Waals surface area contributed by atoms with Gasteiger partial charge in [0.05, 0.1) is 5.97 Å². The van der Waals surface area contributed by atoms with E-state index in [9.17, 15) is 9.90 Å². The van der Waals surface area contributed by atoms with E-state index in [-0.39, 0.29) is 5.56 Å². The van der Waals surface area contributed by atoms with Crippen LogP contribution in [0.1, 0.15) is 60.6 Å². The molecule has 1 aliphatic rings. The smallest absolute Gasteiger partial charge is 0.190 e. The van der Waals surface area contributed by atoms with Crippen LogP contribution in [-0.4, -0.2) is 29.0 Å². The average molecular weight is 385 g/mol. The highest BCUT2D eigenvalue weighted by Crippen LogP contribution is 2.28. The van der Waals surface area contributed by atoms with Crippen LogP contribution in [-0.2, 0) is 12.2 Å². The number of nitrogens with zero attached hydrogens (tertiary/aromatic N) is 3. The predicted octanol–water partition coefficient (Wildman–Crippen LogP) is 3.46. The molecule has 1 heterocycles. The molecule has 0 N–H and O–H groups in total. The molecule has 1 fully saturated rings. The van der Waals surface area contributed by atoms with Crippen LogP contribution in [0.4, 0.5) is 5.82 Å². The number of hydrogen-bond acceptors (Lipinski definition) is 6. The Hall–Kier alpha value is -2.08. The van der Waals surface area contributed by atoms with Crippen LogP contribution in [0.3, 0.4) is 0 Å². The first-order valence-corrected chi connectivity index (χ1v) is 10.6. The average Bonchev–Trinajstić information content (AvgIpc) is 2.72. The van der Waals surface area contributed by atoms with Crippen molar-refractivity contribution in [2.45, 2.75) is 62.4 Å². The number of thioether (sulfide) groups is 1. The maximum Gasteiger partial charge on any atom is 0.190 e. The van der Waals surface area contributed by atoms with Crippen LogP contribution in [0.15, 0.2) is 35.5 Å². The van der Waals surface area contributed by atoms with E-state index in [1.165, 1.54) is 32.1 Å². The third kappa shape index (κ3) is 5.22. The topological polar surface area (TPSA) is 69.2 Å². The highest BCUT2D eigenvalue weighted by Gasteiger charge is 2.20. The molecule has 1 saturated carbocycles. The van der Waals surface area contributed by atoms with Gasteiger partial charge < -0.3 is 14.8 Å². The van der Waals surface area contributed by atoms with Gasteiger partial charge in [0.1, 0.15) is 5.82 Å². The largest absolute Gasteiger partial charge is 0.545 e. The summed E-state index contributed by atoms with van der Waals surface area (Å²) in [6.45, 7) is 2.11. The predicted molar refractivity (Wildman–Crippen MR) is 107 cm³/mol. The molecule has 144 valence electrons. The Labute approximate surface area is 165 Å². The van der Waals surface area contributed by atoms with Crippen molar-refractivity contribution in [1.82, 2.24) is 9.97 Å². The molecule has 0 radical (unpaired) electrons. The van der Waals surface area contributed by atoms with Crippen molar-refractivity contribution >= 4 is 23.5 Å². The maximum atomic E-state index is 10.9. The zero-order chi connectivity index (χ0) is 19.2. The van der Waals surface area contributed by atoms with E-state index in [1.54, 1.807) is 23.9 Å². The van der Waals surface area contributed by atoms with Gasteiger partial charge in [0, 0.05) is 30.6 Å².